The fourth-order valence-corrected chi connectivity index (χ4v) is 3.28. The van der Waals surface area contributed by atoms with E-state index >= 15 is 0 Å². The predicted octanol–water partition coefficient (Wildman–Crippen LogP) is 2.30. The van der Waals surface area contributed by atoms with Crippen LogP contribution < -0.4 is 10.6 Å². The van der Waals surface area contributed by atoms with Gasteiger partial charge in [-0.3, -0.25) is 0 Å². The standard InChI is InChI=1S/C17H23N5O/c1-12(16-21-19-11-22(16)2)20-17(23)18-10-14-8-5-7-13-6-3-4-9-15(13)14/h3-4,6,9,11-12,14H,5,7-8,10H2,1-2H3,(H2,18,20,23)/t12-,14+/m0/s1. The molecule has 1 aliphatic carbocycles. The average molecular weight is 313 g/mol. The molecular formula is C17H23N5O. The number of benzene rings is 1. The zero-order valence-corrected chi connectivity index (χ0v) is 13.6. The van der Waals surface area contributed by atoms with Crippen LogP contribution in [0.2, 0.25) is 0 Å². The van der Waals surface area contributed by atoms with Gasteiger partial charge in [-0.1, -0.05) is 24.3 Å². The second-order valence-electron chi connectivity index (χ2n) is 6.16. The highest BCUT2D eigenvalue weighted by Gasteiger charge is 2.21. The number of carbonyl (C=O) groups excluding carboxylic acids is 1. The summed E-state index contributed by atoms with van der Waals surface area (Å²) in [6, 6.07) is 8.19. The number of rotatable bonds is 4. The van der Waals surface area contributed by atoms with Crippen LogP contribution in [0.4, 0.5) is 4.79 Å². The van der Waals surface area contributed by atoms with E-state index in [-0.39, 0.29) is 12.1 Å². The molecule has 2 amide bonds. The summed E-state index contributed by atoms with van der Waals surface area (Å²) in [5, 5.41) is 13.8. The van der Waals surface area contributed by atoms with Crippen molar-refractivity contribution in [3.8, 4) is 0 Å². The van der Waals surface area contributed by atoms with Gasteiger partial charge < -0.3 is 15.2 Å². The molecule has 6 heteroatoms. The van der Waals surface area contributed by atoms with Gasteiger partial charge in [0.05, 0.1) is 6.04 Å². The molecule has 0 bridgehead atoms. The first-order chi connectivity index (χ1) is 11.1. The molecule has 1 aliphatic rings. The van der Waals surface area contributed by atoms with E-state index < -0.39 is 0 Å². The van der Waals surface area contributed by atoms with Gasteiger partial charge in [-0.15, -0.1) is 10.2 Å². The lowest BCUT2D eigenvalue weighted by molar-refractivity contribution is 0.236. The molecular weight excluding hydrogens is 290 g/mol. The number of carbonyl (C=O) groups is 1. The zero-order chi connectivity index (χ0) is 16.2. The summed E-state index contributed by atoms with van der Waals surface area (Å²) in [6.45, 7) is 2.56. The highest BCUT2D eigenvalue weighted by Crippen LogP contribution is 2.30. The van der Waals surface area contributed by atoms with Gasteiger partial charge in [0.25, 0.3) is 0 Å². The first-order valence-electron chi connectivity index (χ1n) is 8.11. The van der Waals surface area contributed by atoms with Crippen LogP contribution in [0, 0.1) is 0 Å². The van der Waals surface area contributed by atoms with E-state index in [1.54, 1.807) is 6.33 Å². The number of fused-ring (bicyclic) bond motifs is 1. The first kappa shape index (κ1) is 15.5. The summed E-state index contributed by atoms with van der Waals surface area (Å²) in [4.78, 5) is 12.1. The summed E-state index contributed by atoms with van der Waals surface area (Å²) >= 11 is 0. The molecule has 23 heavy (non-hydrogen) atoms. The SMILES string of the molecule is C[C@H](NC(=O)NC[C@H]1CCCc2ccccc21)c1nncn1C. The Balaban J connectivity index is 1.55. The number of nitrogens with zero attached hydrogens (tertiary/aromatic N) is 3. The number of aryl methyl sites for hydroxylation is 2. The molecule has 0 radical (unpaired) electrons. The molecule has 122 valence electrons. The van der Waals surface area contributed by atoms with Gasteiger partial charge in [-0.25, -0.2) is 4.79 Å². The highest BCUT2D eigenvalue weighted by atomic mass is 16.2. The van der Waals surface area contributed by atoms with E-state index in [1.807, 2.05) is 18.5 Å². The van der Waals surface area contributed by atoms with Gasteiger partial charge >= 0.3 is 6.03 Å². The van der Waals surface area contributed by atoms with E-state index in [0.717, 1.165) is 18.7 Å². The third-order valence-corrected chi connectivity index (χ3v) is 4.48. The molecule has 1 heterocycles. The van der Waals surface area contributed by atoms with Crippen molar-refractivity contribution in [2.24, 2.45) is 7.05 Å². The minimum Gasteiger partial charge on any atom is -0.338 e. The average Bonchev–Trinajstić information content (AvgIpc) is 2.99. The maximum absolute atomic E-state index is 12.1. The number of amides is 2. The maximum atomic E-state index is 12.1. The summed E-state index contributed by atoms with van der Waals surface area (Å²) in [7, 11) is 1.87. The van der Waals surface area contributed by atoms with Crippen LogP contribution in [0.5, 0.6) is 0 Å². The molecule has 3 rings (SSSR count). The van der Waals surface area contributed by atoms with Crippen molar-refractivity contribution in [2.45, 2.75) is 38.1 Å². The zero-order valence-electron chi connectivity index (χ0n) is 13.6. The highest BCUT2D eigenvalue weighted by molar-refractivity contribution is 5.74. The van der Waals surface area contributed by atoms with Crippen molar-refractivity contribution in [1.29, 1.82) is 0 Å². The second-order valence-corrected chi connectivity index (χ2v) is 6.16. The van der Waals surface area contributed by atoms with Crippen molar-refractivity contribution in [2.75, 3.05) is 6.54 Å². The van der Waals surface area contributed by atoms with Gasteiger partial charge in [-0.05, 0) is 37.3 Å². The van der Waals surface area contributed by atoms with Crippen LogP contribution in [0.15, 0.2) is 30.6 Å². The lowest BCUT2D eigenvalue weighted by Gasteiger charge is -2.26. The van der Waals surface area contributed by atoms with Crippen LogP contribution in [0.3, 0.4) is 0 Å². The second kappa shape index (κ2) is 6.81. The van der Waals surface area contributed by atoms with Crippen LogP contribution in [-0.4, -0.2) is 27.3 Å². The molecule has 1 aromatic carbocycles. The monoisotopic (exact) mass is 313 g/mol. The summed E-state index contributed by atoms with van der Waals surface area (Å²) in [5.41, 5.74) is 2.79. The number of urea groups is 1. The Bertz CT molecular complexity index is 681. The smallest absolute Gasteiger partial charge is 0.315 e. The Morgan fingerprint density at radius 2 is 2.26 bits per heavy atom. The number of aromatic nitrogens is 3. The van der Waals surface area contributed by atoms with Gasteiger partial charge in [0.2, 0.25) is 0 Å². The van der Waals surface area contributed by atoms with E-state index in [1.165, 1.54) is 17.5 Å². The van der Waals surface area contributed by atoms with Crippen LogP contribution in [-0.2, 0) is 13.5 Å². The molecule has 0 spiro atoms. The minimum absolute atomic E-state index is 0.163. The van der Waals surface area contributed by atoms with E-state index in [2.05, 4.69) is 45.1 Å². The van der Waals surface area contributed by atoms with Crippen molar-refractivity contribution >= 4 is 6.03 Å². The van der Waals surface area contributed by atoms with Gasteiger partial charge in [0, 0.05) is 19.5 Å². The number of hydrogen-bond acceptors (Lipinski definition) is 3. The predicted molar refractivity (Wildman–Crippen MR) is 88.1 cm³/mol. The van der Waals surface area contributed by atoms with Gasteiger partial charge in [-0.2, -0.15) is 0 Å². The third-order valence-electron chi connectivity index (χ3n) is 4.48. The molecule has 0 unspecified atom stereocenters. The normalized spacial score (nSPS) is 18.1. The van der Waals surface area contributed by atoms with Gasteiger partial charge in [0.1, 0.15) is 6.33 Å². The molecule has 2 atom stereocenters. The molecule has 2 aromatic rings. The van der Waals surface area contributed by atoms with Crippen LogP contribution in [0.25, 0.3) is 0 Å². The van der Waals surface area contributed by atoms with E-state index in [9.17, 15) is 4.79 Å². The largest absolute Gasteiger partial charge is 0.338 e. The molecule has 0 fully saturated rings. The number of nitrogens with one attached hydrogen (secondary N) is 2. The summed E-state index contributed by atoms with van der Waals surface area (Å²) < 4.78 is 1.81. The topological polar surface area (TPSA) is 71.8 Å². The lowest BCUT2D eigenvalue weighted by Crippen LogP contribution is -2.40. The summed E-state index contributed by atoms with van der Waals surface area (Å²) in [6.07, 6.45) is 5.07. The summed E-state index contributed by atoms with van der Waals surface area (Å²) in [5.74, 6) is 1.14. The minimum atomic E-state index is -0.179. The third kappa shape index (κ3) is 3.52. The molecule has 2 N–H and O–H groups in total. The van der Waals surface area contributed by atoms with E-state index in [0.29, 0.717) is 12.5 Å². The van der Waals surface area contributed by atoms with Crippen molar-refractivity contribution in [3.63, 3.8) is 0 Å². The Morgan fingerprint density at radius 3 is 3.04 bits per heavy atom. The number of hydrogen-bond donors (Lipinski definition) is 2. The fraction of sp³-hybridized carbons (Fsp3) is 0.471. The Labute approximate surface area is 136 Å². The quantitative estimate of drug-likeness (QED) is 0.910. The molecule has 0 saturated heterocycles. The van der Waals surface area contributed by atoms with Gasteiger partial charge in [0.15, 0.2) is 5.82 Å². The maximum Gasteiger partial charge on any atom is 0.315 e. The Kier molecular flexibility index (Phi) is 4.60. The molecule has 1 aromatic heterocycles. The molecule has 0 saturated carbocycles. The van der Waals surface area contributed by atoms with Crippen molar-refractivity contribution in [1.82, 2.24) is 25.4 Å². The fourth-order valence-electron chi connectivity index (χ4n) is 3.28. The van der Waals surface area contributed by atoms with Crippen molar-refractivity contribution < 1.29 is 4.79 Å². The Hall–Kier alpha value is -2.37. The van der Waals surface area contributed by atoms with E-state index in [4.69, 9.17) is 0 Å². The molecule has 0 aliphatic heterocycles. The van der Waals surface area contributed by atoms with Crippen LogP contribution >= 0.6 is 0 Å². The lowest BCUT2D eigenvalue weighted by atomic mass is 9.83. The molecule has 6 nitrogen and oxygen atoms in total. The van der Waals surface area contributed by atoms with Crippen molar-refractivity contribution in [3.05, 3.63) is 47.5 Å². The Morgan fingerprint density at radius 1 is 1.43 bits per heavy atom. The first-order valence-corrected chi connectivity index (χ1v) is 8.11. The van der Waals surface area contributed by atoms with Crippen LogP contribution in [0.1, 0.15) is 48.7 Å².